The molecule has 122 valence electrons. The molecule has 2 fully saturated rings. The molecule has 2 aliphatic rings. The number of hydrogen-bond acceptors (Lipinski definition) is 3. The number of nitrogens with one attached hydrogen (secondary N) is 1. The van der Waals surface area contributed by atoms with Crippen LogP contribution in [-0.2, 0) is 0 Å². The Hall–Kier alpha value is -0.320. The van der Waals surface area contributed by atoms with Crippen molar-refractivity contribution >= 4 is 46.2 Å². The molecule has 2 nitrogen and oxygen atoms in total. The highest BCUT2D eigenvalue weighted by molar-refractivity contribution is 7.17. The minimum Gasteiger partial charge on any atom is -0.314 e. The Morgan fingerprint density at radius 2 is 1.86 bits per heavy atom. The first-order chi connectivity index (χ1) is 9.92. The van der Waals surface area contributed by atoms with Gasteiger partial charge in [-0.2, -0.15) is 0 Å². The first-order valence-corrected chi connectivity index (χ1v) is 8.70. The molecule has 0 radical (unpaired) electrons. The molecule has 1 atom stereocenters. The SMILES string of the molecule is Cl.Cl.c1ccc2c([C@H](CC3CC3)N3CCNCC3)csc2c1. The van der Waals surface area contributed by atoms with Crippen LogP contribution in [0.1, 0.15) is 30.9 Å². The largest absolute Gasteiger partial charge is 0.314 e. The Morgan fingerprint density at radius 3 is 2.59 bits per heavy atom. The number of benzene rings is 1. The van der Waals surface area contributed by atoms with Gasteiger partial charge >= 0.3 is 0 Å². The van der Waals surface area contributed by atoms with Gasteiger partial charge in [-0.15, -0.1) is 36.2 Å². The van der Waals surface area contributed by atoms with Crippen molar-refractivity contribution in [2.75, 3.05) is 26.2 Å². The molecule has 0 bridgehead atoms. The van der Waals surface area contributed by atoms with Crippen molar-refractivity contribution < 1.29 is 0 Å². The topological polar surface area (TPSA) is 15.3 Å². The molecular formula is C17H24Cl2N2S. The summed E-state index contributed by atoms with van der Waals surface area (Å²) >= 11 is 1.91. The molecule has 4 rings (SSSR count). The molecule has 1 aromatic heterocycles. The first-order valence-electron chi connectivity index (χ1n) is 7.83. The minimum absolute atomic E-state index is 0. The summed E-state index contributed by atoms with van der Waals surface area (Å²) < 4.78 is 1.44. The van der Waals surface area contributed by atoms with Gasteiger partial charge in [0.05, 0.1) is 0 Å². The van der Waals surface area contributed by atoms with Crippen molar-refractivity contribution in [3.8, 4) is 0 Å². The lowest BCUT2D eigenvalue weighted by atomic mass is 9.98. The van der Waals surface area contributed by atoms with Crippen LogP contribution in [0.4, 0.5) is 0 Å². The zero-order valence-corrected chi connectivity index (χ0v) is 15.1. The fraction of sp³-hybridized carbons (Fsp3) is 0.529. The summed E-state index contributed by atoms with van der Waals surface area (Å²) in [6, 6.07) is 9.55. The van der Waals surface area contributed by atoms with E-state index in [1.54, 1.807) is 5.56 Å². The number of piperazine rings is 1. The van der Waals surface area contributed by atoms with Crippen LogP contribution in [0.2, 0.25) is 0 Å². The normalized spacial score (nSPS) is 20.2. The zero-order chi connectivity index (χ0) is 13.4. The van der Waals surface area contributed by atoms with Gasteiger partial charge < -0.3 is 5.32 Å². The maximum absolute atomic E-state index is 3.48. The summed E-state index contributed by atoms with van der Waals surface area (Å²) in [4.78, 5) is 2.71. The monoisotopic (exact) mass is 358 g/mol. The Bertz CT molecular complexity index is 591. The van der Waals surface area contributed by atoms with Crippen LogP contribution in [0.15, 0.2) is 29.6 Å². The van der Waals surface area contributed by atoms with Crippen LogP contribution in [0.25, 0.3) is 10.1 Å². The quantitative estimate of drug-likeness (QED) is 0.865. The predicted molar refractivity (Wildman–Crippen MR) is 101 cm³/mol. The van der Waals surface area contributed by atoms with Crippen molar-refractivity contribution in [3.63, 3.8) is 0 Å². The predicted octanol–water partition coefficient (Wildman–Crippen LogP) is 4.49. The molecule has 22 heavy (non-hydrogen) atoms. The van der Waals surface area contributed by atoms with E-state index in [4.69, 9.17) is 0 Å². The second-order valence-corrected chi connectivity index (χ2v) is 7.08. The van der Waals surface area contributed by atoms with E-state index >= 15 is 0 Å². The molecule has 0 amide bonds. The van der Waals surface area contributed by atoms with Crippen LogP contribution >= 0.6 is 36.2 Å². The first kappa shape index (κ1) is 18.0. The lowest BCUT2D eigenvalue weighted by Gasteiger charge is -2.35. The van der Waals surface area contributed by atoms with Crippen molar-refractivity contribution in [3.05, 3.63) is 35.2 Å². The molecule has 0 spiro atoms. The van der Waals surface area contributed by atoms with Gasteiger partial charge in [-0.3, -0.25) is 4.90 Å². The van der Waals surface area contributed by atoms with Gasteiger partial charge in [0.25, 0.3) is 0 Å². The van der Waals surface area contributed by atoms with Gasteiger partial charge in [-0.05, 0) is 34.7 Å². The fourth-order valence-corrected chi connectivity index (χ4v) is 4.40. The van der Waals surface area contributed by atoms with E-state index < -0.39 is 0 Å². The summed E-state index contributed by atoms with van der Waals surface area (Å²) in [6.45, 7) is 4.68. The third kappa shape index (κ3) is 3.77. The summed E-state index contributed by atoms with van der Waals surface area (Å²) in [5.74, 6) is 0.980. The van der Waals surface area contributed by atoms with Gasteiger partial charge in [0.1, 0.15) is 0 Å². The second-order valence-electron chi connectivity index (χ2n) is 6.17. The highest BCUT2D eigenvalue weighted by Gasteiger charge is 2.31. The van der Waals surface area contributed by atoms with Gasteiger partial charge in [0, 0.05) is 36.9 Å². The van der Waals surface area contributed by atoms with E-state index in [1.807, 2.05) is 11.3 Å². The standard InChI is InChI=1S/C17H22N2S.2ClH/c1-2-4-17-14(3-1)15(12-20-17)16(11-13-5-6-13)19-9-7-18-8-10-19;;/h1-4,12-13,16,18H,5-11H2;2*1H/t16-;;/m0../s1. The average molecular weight is 359 g/mol. The van der Waals surface area contributed by atoms with Crippen molar-refractivity contribution in [2.45, 2.75) is 25.3 Å². The summed E-state index contributed by atoms with van der Waals surface area (Å²) in [6.07, 6.45) is 4.26. The van der Waals surface area contributed by atoms with E-state index in [0.29, 0.717) is 6.04 Å². The molecule has 1 aliphatic carbocycles. The summed E-state index contributed by atoms with van der Waals surface area (Å²) in [5, 5.41) is 7.39. The molecule has 1 saturated carbocycles. The van der Waals surface area contributed by atoms with Gasteiger partial charge in [0.15, 0.2) is 0 Å². The third-order valence-corrected chi connectivity index (χ3v) is 5.70. The highest BCUT2D eigenvalue weighted by atomic mass is 35.5. The Morgan fingerprint density at radius 1 is 1.14 bits per heavy atom. The number of rotatable bonds is 4. The van der Waals surface area contributed by atoms with Crippen molar-refractivity contribution in [2.24, 2.45) is 5.92 Å². The summed E-state index contributed by atoms with van der Waals surface area (Å²) in [5.41, 5.74) is 1.58. The molecule has 1 saturated heterocycles. The van der Waals surface area contributed by atoms with Crippen LogP contribution in [0, 0.1) is 5.92 Å². The van der Waals surface area contributed by atoms with Crippen molar-refractivity contribution in [1.29, 1.82) is 0 Å². The highest BCUT2D eigenvalue weighted by Crippen LogP contribution is 2.43. The van der Waals surface area contributed by atoms with Gasteiger partial charge in [-0.1, -0.05) is 31.0 Å². The third-order valence-electron chi connectivity index (χ3n) is 4.72. The molecule has 2 aromatic rings. The Labute approximate surface area is 149 Å². The smallest absolute Gasteiger partial charge is 0.0366 e. The molecule has 1 aromatic carbocycles. The molecule has 0 unspecified atom stereocenters. The maximum Gasteiger partial charge on any atom is 0.0366 e. The molecule has 1 N–H and O–H groups in total. The molecule has 2 heterocycles. The maximum atomic E-state index is 3.48. The second kappa shape index (κ2) is 7.98. The number of fused-ring (bicyclic) bond motifs is 1. The van der Waals surface area contributed by atoms with E-state index in [1.165, 1.54) is 42.4 Å². The van der Waals surface area contributed by atoms with E-state index in [0.717, 1.165) is 19.0 Å². The lowest BCUT2D eigenvalue weighted by molar-refractivity contribution is 0.162. The number of hydrogen-bond donors (Lipinski definition) is 1. The van der Waals surface area contributed by atoms with Crippen LogP contribution < -0.4 is 5.32 Å². The summed E-state index contributed by atoms with van der Waals surface area (Å²) in [7, 11) is 0. The Kier molecular flexibility index (Phi) is 6.54. The minimum atomic E-state index is 0. The molecule has 5 heteroatoms. The van der Waals surface area contributed by atoms with Crippen molar-refractivity contribution in [1.82, 2.24) is 10.2 Å². The molecular weight excluding hydrogens is 335 g/mol. The Balaban J connectivity index is 0.000000882. The number of nitrogens with zero attached hydrogens (tertiary/aromatic N) is 1. The van der Waals surface area contributed by atoms with E-state index in [2.05, 4.69) is 39.9 Å². The van der Waals surface area contributed by atoms with Crippen LogP contribution in [-0.4, -0.2) is 31.1 Å². The van der Waals surface area contributed by atoms with Gasteiger partial charge in [-0.25, -0.2) is 0 Å². The van der Waals surface area contributed by atoms with E-state index in [9.17, 15) is 0 Å². The molecule has 1 aliphatic heterocycles. The average Bonchev–Trinajstić information content (AvgIpc) is 3.24. The zero-order valence-electron chi connectivity index (χ0n) is 12.7. The van der Waals surface area contributed by atoms with Crippen LogP contribution in [0.5, 0.6) is 0 Å². The lowest BCUT2D eigenvalue weighted by Crippen LogP contribution is -2.45. The van der Waals surface area contributed by atoms with Gasteiger partial charge in [0.2, 0.25) is 0 Å². The fourth-order valence-electron chi connectivity index (χ4n) is 3.39. The number of thiophene rings is 1. The number of halogens is 2. The van der Waals surface area contributed by atoms with E-state index in [-0.39, 0.29) is 24.8 Å². The van der Waals surface area contributed by atoms with Crippen LogP contribution in [0.3, 0.4) is 0 Å².